The zero-order chi connectivity index (χ0) is 22.9. The largest absolute Gasteiger partial charge is 0.388 e. The van der Waals surface area contributed by atoms with E-state index in [9.17, 15) is 5.26 Å². The van der Waals surface area contributed by atoms with Gasteiger partial charge in [0.2, 0.25) is 0 Å². The van der Waals surface area contributed by atoms with Crippen LogP contribution in [0.15, 0.2) is 42.5 Å². The molecule has 0 aliphatic carbocycles. The topological polar surface area (TPSA) is 92.7 Å². The molecule has 9 heteroatoms. The van der Waals surface area contributed by atoms with E-state index < -0.39 is 5.82 Å². The minimum absolute atomic E-state index is 0. The molecule has 0 amide bonds. The number of benzene rings is 2. The quantitative estimate of drug-likeness (QED) is 0.401. The summed E-state index contributed by atoms with van der Waals surface area (Å²) in [5.74, 6) is -0.447. The van der Waals surface area contributed by atoms with E-state index in [4.69, 9.17) is 0 Å². The summed E-state index contributed by atoms with van der Waals surface area (Å²) >= 11 is 0. The number of rotatable bonds is 4. The van der Waals surface area contributed by atoms with Gasteiger partial charge in [0, 0.05) is 61.4 Å². The van der Waals surface area contributed by atoms with Gasteiger partial charge < -0.3 is 15.5 Å². The fourth-order valence-electron chi connectivity index (χ4n) is 4.42. The molecule has 4 aromatic rings. The van der Waals surface area contributed by atoms with Gasteiger partial charge in [0.15, 0.2) is 5.65 Å². The Morgan fingerprint density at radius 1 is 1.12 bits per heavy atom. The van der Waals surface area contributed by atoms with Crippen molar-refractivity contribution in [3.63, 3.8) is 0 Å². The summed E-state index contributed by atoms with van der Waals surface area (Å²) in [6, 6.07) is 15.3. The van der Waals surface area contributed by atoms with E-state index in [1.165, 1.54) is 6.07 Å². The summed E-state index contributed by atoms with van der Waals surface area (Å²) in [6.07, 6.45) is 0. The Labute approximate surface area is 203 Å². The zero-order valence-electron chi connectivity index (χ0n) is 18.9. The maximum atomic E-state index is 15.0. The molecule has 3 heterocycles. The van der Waals surface area contributed by atoms with Crippen LogP contribution < -0.4 is 15.5 Å². The Hall–Kier alpha value is -3.67. The van der Waals surface area contributed by atoms with Crippen LogP contribution in [0.3, 0.4) is 0 Å². The second-order valence-electron chi connectivity index (χ2n) is 8.10. The first-order chi connectivity index (χ1) is 16.1. The number of aromatic amines is 1. The molecule has 2 aromatic heterocycles. The Morgan fingerprint density at radius 2 is 1.85 bits per heavy atom. The van der Waals surface area contributed by atoms with E-state index in [2.05, 4.69) is 48.9 Å². The molecule has 2 aromatic carbocycles. The summed E-state index contributed by atoms with van der Waals surface area (Å²) in [7, 11) is 1.73. The number of nitriles is 1. The molecule has 1 saturated heterocycles. The predicted octanol–water partition coefficient (Wildman–Crippen LogP) is 4.48. The van der Waals surface area contributed by atoms with Crippen LogP contribution in [0.25, 0.3) is 33.4 Å². The lowest BCUT2D eigenvalue weighted by atomic mass is 9.93. The van der Waals surface area contributed by atoms with Crippen molar-refractivity contribution in [1.29, 1.82) is 5.26 Å². The van der Waals surface area contributed by atoms with Crippen LogP contribution in [-0.4, -0.2) is 48.4 Å². The molecule has 0 saturated carbocycles. The number of fused-ring (bicyclic) bond motifs is 1. The van der Waals surface area contributed by atoms with E-state index in [1.54, 1.807) is 19.2 Å². The number of H-pyrrole nitrogens is 1. The molecule has 0 spiro atoms. The second-order valence-corrected chi connectivity index (χ2v) is 8.10. The first kappa shape index (κ1) is 23.5. The van der Waals surface area contributed by atoms with Gasteiger partial charge in [-0.1, -0.05) is 12.1 Å². The highest BCUT2D eigenvalue weighted by Gasteiger charge is 2.23. The molecular weight excluding hydrogens is 453 g/mol. The Morgan fingerprint density at radius 3 is 2.50 bits per heavy atom. The fraction of sp³-hybridized carbons (Fsp3) is 0.240. The lowest BCUT2D eigenvalue weighted by Crippen LogP contribution is -2.43. The maximum Gasteiger partial charge on any atom is 0.182 e. The highest BCUT2D eigenvalue weighted by molar-refractivity contribution is 6.01. The average molecular weight is 478 g/mol. The van der Waals surface area contributed by atoms with Crippen molar-refractivity contribution >= 4 is 34.8 Å². The van der Waals surface area contributed by atoms with Crippen molar-refractivity contribution in [2.45, 2.75) is 6.92 Å². The monoisotopic (exact) mass is 477 g/mol. The third kappa shape index (κ3) is 4.04. The van der Waals surface area contributed by atoms with Crippen molar-refractivity contribution in [1.82, 2.24) is 20.5 Å². The third-order valence-electron chi connectivity index (χ3n) is 6.15. The number of nitrogens with zero attached hydrogens (tertiary/aromatic N) is 4. The highest BCUT2D eigenvalue weighted by atomic mass is 35.5. The molecule has 1 aliphatic rings. The number of piperazine rings is 1. The number of hydrogen-bond acceptors (Lipinski definition) is 6. The molecule has 0 unspecified atom stereocenters. The highest BCUT2D eigenvalue weighted by Crippen LogP contribution is 2.39. The molecule has 3 N–H and O–H groups in total. The Bertz CT molecular complexity index is 1370. The summed E-state index contributed by atoms with van der Waals surface area (Å²) in [4.78, 5) is 6.92. The van der Waals surface area contributed by atoms with Crippen LogP contribution in [0.2, 0.25) is 0 Å². The average Bonchev–Trinajstić information content (AvgIpc) is 3.23. The molecule has 34 heavy (non-hydrogen) atoms. The van der Waals surface area contributed by atoms with Crippen LogP contribution >= 0.6 is 12.4 Å². The van der Waals surface area contributed by atoms with Crippen LogP contribution in [0, 0.1) is 24.1 Å². The van der Waals surface area contributed by atoms with Gasteiger partial charge in [0.25, 0.3) is 0 Å². The molecule has 0 atom stereocenters. The first-order valence-electron chi connectivity index (χ1n) is 10.9. The van der Waals surface area contributed by atoms with Crippen LogP contribution in [0.5, 0.6) is 0 Å². The number of nitrogens with one attached hydrogen (secondary N) is 3. The van der Waals surface area contributed by atoms with Crippen molar-refractivity contribution < 1.29 is 4.39 Å². The van der Waals surface area contributed by atoms with E-state index in [1.807, 2.05) is 19.1 Å². The maximum absolute atomic E-state index is 15.0. The lowest BCUT2D eigenvalue weighted by Gasteiger charge is -2.29. The number of hydrogen-bond donors (Lipinski definition) is 3. The number of aryl methyl sites for hydroxylation is 1. The van der Waals surface area contributed by atoms with E-state index in [0.717, 1.165) is 48.5 Å². The zero-order valence-corrected chi connectivity index (χ0v) is 19.8. The Kier molecular flexibility index (Phi) is 6.68. The van der Waals surface area contributed by atoms with Crippen molar-refractivity contribution in [3.05, 3.63) is 59.5 Å². The molecule has 1 fully saturated rings. The lowest BCUT2D eigenvalue weighted by molar-refractivity contribution is 0.589. The fourth-order valence-corrected chi connectivity index (χ4v) is 4.42. The SMILES string of the molecule is CNc1ccc(-c2nc3n[nH]c(C)c3c(-c3ccc(N4CCNCC4)cc3)c2C#N)c(F)c1.Cl. The third-order valence-corrected chi connectivity index (χ3v) is 6.15. The summed E-state index contributed by atoms with van der Waals surface area (Å²) in [5.41, 5.74) is 5.54. The van der Waals surface area contributed by atoms with Crippen LogP contribution in [0.1, 0.15) is 11.3 Å². The molecule has 174 valence electrons. The normalized spacial score (nSPS) is 13.4. The standard InChI is InChI=1S/C25H24FN7.ClH/c1-15-22-23(16-3-6-18(7-4-16)33-11-9-29-10-12-33)20(14-27)24(30-25(22)32-31-15)19-8-5-17(28-2)13-21(19)26;/h3-8,13,28-29H,9-12H2,1-2H3,(H,30,31,32);1H. The van der Waals surface area contributed by atoms with Gasteiger partial charge in [-0.05, 0) is 42.8 Å². The molecular formula is C25H25ClFN7. The van der Waals surface area contributed by atoms with Gasteiger partial charge in [-0.15, -0.1) is 12.4 Å². The summed E-state index contributed by atoms with van der Waals surface area (Å²) in [5, 5.41) is 24.6. The molecule has 0 radical (unpaired) electrons. The van der Waals surface area contributed by atoms with Crippen molar-refractivity contribution in [3.8, 4) is 28.5 Å². The van der Waals surface area contributed by atoms with Gasteiger partial charge in [-0.25, -0.2) is 9.37 Å². The molecule has 5 rings (SSSR count). The van der Waals surface area contributed by atoms with Gasteiger partial charge >= 0.3 is 0 Å². The van der Waals surface area contributed by atoms with Crippen molar-refractivity contribution in [2.24, 2.45) is 0 Å². The Balaban J connectivity index is 0.00000274. The summed E-state index contributed by atoms with van der Waals surface area (Å²) < 4.78 is 15.0. The van der Waals surface area contributed by atoms with E-state index in [-0.39, 0.29) is 23.7 Å². The predicted molar refractivity (Wildman–Crippen MR) is 136 cm³/mol. The minimum atomic E-state index is -0.447. The number of halogens is 2. The van der Waals surface area contributed by atoms with Crippen LogP contribution in [-0.2, 0) is 0 Å². The molecule has 7 nitrogen and oxygen atoms in total. The van der Waals surface area contributed by atoms with Gasteiger partial charge in [0.1, 0.15) is 11.9 Å². The van der Waals surface area contributed by atoms with E-state index in [0.29, 0.717) is 22.5 Å². The van der Waals surface area contributed by atoms with Crippen molar-refractivity contribution in [2.75, 3.05) is 43.4 Å². The smallest absolute Gasteiger partial charge is 0.182 e. The first-order valence-corrected chi connectivity index (χ1v) is 10.9. The second kappa shape index (κ2) is 9.67. The number of pyridine rings is 1. The molecule has 1 aliphatic heterocycles. The van der Waals surface area contributed by atoms with E-state index >= 15 is 4.39 Å². The van der Waals surface area contributed by atoms with Crippen LogP contribution in [0.4, 0.5) is 15.8 Å². The summed E-state index contributed by atoms with van der Waals surface area (Å²) in [6.45, 7) is 5.73. The number of anilines is 2. The number of aromatic nitrogens is 3. The van der Waals surface area contributed by atoms with Gasteiger partial charge in [0.05, 0.1) is 16.6 Å². The minimum Gasteiger partial charge on any atom is -0.388 e. The van der Waals surface area contributed by atoms with Gasteiger partial charge in [-0.3, -0.25) is 5.10 Å². The van der Waals surface area contributed by atoms with Gasteiger partial charge in [-0.2, -0.15) is 10.4 Å². The molecule has 0 bridgehead atoms.